The zero-order chi connectivity index (χ0) is 14.5. The molecule has 0 spiro atoms. The van der Waals surface area contributed by atoms with Crippen molar-refractivity contribution in [3.05, 3.63) is 35.4 Å². The zero-order valence-corrected chi connectivity index (χ0v) is 12.7. The monoisotopic (exact) mass is 281 g/mol. The van der Waals surface area contributed by atoms with Gasteiger partial charge in [-0.15, -0.1) is 0 Å². The van der Waals surface area contributed by atoms with Gasteiger partial charge in [-0.2, -0.15) is 0 Å². The predicted molar refractivity (Wildman–Crippen MR) is 81.0 cm³/mol. The molecule has 114 valence electrons. The summed E-state index contributed by atoms with van der Waals surface area (Å²) in [6.07, 6.45) is 1.99. The summed E-state index contributed by atoms with van der Waals surface area (Å²) in [5.41, 5.74) is 2.58. The average Bonchev–Trinajstić information content (AvgIpc) is 2.49. The van der Waals surface area contributed by atoms with E-state index in [0.717, 1.165) is 32.6 Å². The number of nitrogens with one attached hydrogen (secondary N) is 1. The van der Waals surface area contributed by atoms with E-state index in [4.69, 9.17) is 14.2 Å². The second-order valence-corrected chi connectivity index (χ2v) is 4.68. The fraction of sp³-hybridized carbons (Fsp3) is 0.625. The Morgan fingerprint density at radius 1 is 0.900 bits per heavy atom. The van der Waals surface area contributed by atoms with Crippen molar-refractivity contribution in [1.82, 2.24) is 5.32 Å². The molecule has 0 aliphatic heterocycles. The first-order valence-electron chi connectivity index (χ1n) is 7.23. The molecule has 0 aromatic heterocycles. The Hall–Kier alpha value is -0.940. The number of hydrogen-bond acceptors (Lipinski definition) is 4. The molecule has 0 radical (unpaired) electrons. The Morgan fingerprint density at radius 2 is 1.60 bits per heavy atom. The average molecular weight is 281 g/mol. The van der Waals surface area contributed by atoms with Crippen LogP contribution >= 0.6 is 0 Å². The number of rotatable bonds is 12. The summed E-state index contributed by atoms with van der Waals surface area (Å²) in [6.45, 7) is 4.45. The van der Waals surface area contributed by atoms with E-state index in [1.54, 1.807) is 7.11 Å². The van der Waals surface area contributed by atoms with Crippen LogP contribution in [0.1, 0.15) is 17.5 Å². The maximum Gasteiger partial charge on any atom is 0.0716 e. The van der Waals surface area contributed by atoms with Gasteiger partial charge in [0.05, 0.1) is 19.8 Å². The first-order valence-corrected chi connectivity index (χ1v) is 7.23. The van der Waals surface area contributed by atoms with Crippen LogP contribution in [0.3, 0.4) is 0 Å². The van der Waals surface area contributed by atoms with Crippen molar-refractivity contribution in [2.24, 2.45) is 0 Å². The van der Waals surface area contributed by atoms with Gasteiger partial charge in [0.1, 0.15) is 0 Å². The molecule has 0 saturated carbocycles. The van der Waals surface area contributed by atoms with E-state index in [-0.39, 0.29) is 0 Å². The summed E-state index contributed by atoms with van der Waals surface area (Å²) in [6, 6.07) is 8.62. The Kier molecular flexibility index (Phi) is 10.1. The van der Waals surface area contributed by atoms with Crippen molar-refractivity contribution in [3.8, 4) is 0 Å². The minimum atomic E-state index is 0.654. The van der Waals surface area contributed by atoms with Crippen LogP contribution in [0.2, 0.25) is 0 Å². The quantitative estimate of drug-likeness (QED) is 0.595. The lowest BCUT2D eigenvalue weighted by atomic mass is 10.1. The molecule has 1 N–H and O–H groups in total. The molecule has 0 aliphatic carbocycles. The Labute approximate surface area is 122 Å². The zero-order valence-electron chi connectivity index (χ0n) is 12.7. The first-order chi connectivity index (χ1) is 9.86. The van der Waals surface area contributed by atoms with Crippen molar-refractivity contribution >= 4 is 0 Å². The second-order valence-electron chi connectivity index (χ2n) is 4.68. The Bertz CT molecular complexity index is 327. The number of methoxy groups -OCH3 is 1. The van der Waals surface area contributed by atoms with Crippen LogP contribution in [-0.2, 0) is 27.2 Å². The lowest BCUT2D eigenvalue weighted by Crippen LogP contribution is -2.10. The van der Waals surface area contributed by atoms with Gasteiger partial charge in [0.25, 0.3) is 0 Å². The molecule has 0 bridgehead atoms. The molecule has 0 amide bonds. The largest absolute Gasteiger partial charge is 0.382 e. The van der Waals surface area contributed by atoms with Gasteiger partial charge in [0.2, 0.25) is 0 Å². The molecule has 4 heteroatoms. The van der Waals surface area contributed by atoms with Crippen LogP contribution in [-0.4, -0.2) is 47.1 Å². The van der Waals surface area contributed by atoms with E-state index < -0.39 is 0 Å². The van der Waals surface area contributed by atoms with Gasteiger partial charge in [-0.25, -0.2) is 0 Å². The highest BCUT2D eigenvalue weighted by molar-refractivity contribution is 5.22. The molecule has 1 rings (SSSR count). The van der Waals surface area contributed by atoms with Gasteiger partial charge in [0, 0.05) is 20.3 Å². The van der Waals surface area contributed by atoms with Crippen molar-refractivity contribution in [2.75, 3.05) is 47.1 Å². The van der Waals surface area contributed by atoms with E-state index in [1.165, 1.54) is 11.1 Å². The van der Waals surface area contributed by atoms with Gasteiger partial charge in [-0.05, 0) is 37.6 Å². The third-order valence-corrected chi connectivity index (χ3v) is 2.96. The van der Waals surface area contributed by atoms with Gasteiger partial charge in [0.15, 0.2) is 0 Å². The SMILES string of the molecule is CNCCc1ccc(COCCCOCCOC)cc1. The topological polar surface area (TPSA) is 39.7 Å². The molecular formula is C16H27NO3. The normalized spacial score (nSPS) is 10.9. The molecule has 0 atom stereocenters. The van der Waals surface area contributed by atoms with Gasteiger partial charge in [-0.3, -0.25) is 0 Å². The Balaban J connectivity index is 2.04. The summed E-state index contributed by atoms with van der Waals surface area (Å²) in [7, 11) is 3.65. The number of likely N-dealkylation sites (N-methyl/N-ethyl adjacent to an activating group) is 1. The minimum Gasteiger partial charge on any atom is -0.382 e. The molecule has 0 heterocycles. The van der Waals surface area contributed by atoms with E-state index in [2.05, 4.69) is 29.6 Å². The lowest BCUT2D eigenvalue weighted by Gasteiger charge is -2.06. The standard InChI is InChI=1S/C16H27NO3/c1-17-9-8-15-4-6-16(7-5-15)14-20-11-3-10-19-13-12-18-2/h4-7,17H,3,8-14H2,1-2H3. The van der Waals surface area contributed by atoms with Gasteiger partial charge >= 0.3 is 0 Å². The molecule has 0 fully saturated rings. The molecule has 1 aromatic rings. The van der Waals surface area contributed by atoms with E-state index >= 15 is 0 Å². The fourth-order valence-corrected chi connectivity index (χ4v) is 1.77. The summed E-state index contributed by atoms with van der Waals surface area (Å²) >= 11 is 0. The summed E-state index contributed by atoms with van der Waals surface area (Å²) in [5.74, 6) is 0. The first kappa shape index (κ1) is 17.1. The third-order valence-electron chi connectivity index (χ3n) is 2.96. The van der Waals surface area contributed by atoms with Crippen LogP contribution in [0.15, 0.2) is 24.3 Å². The van der Waals surface area contributed by atoms with Crippen molar-refractivity contribution in [1.29, 1.82) is 0 Å². The summed E-state index contributed by atoms with van der Waals surface area (Å²) in [5, 5.41) is 3.15. The molecule has 4 nitrogen and oxygen atoms in total. The van der Waals surface area contributed by atoms with Crippen LogP contribution in [0.4, 0.5) is 0 Å². The van der Waals surface area contributed by atoms with Gasteiger partial charge < -0.3 is 19.5 Å². The smallest absolute Gasteiger partial charge is 0.0716 e. The highest BCUT2D eigenvalue weighted by atomic mass is 16.5. The highest BCUT2D eigenvalue weighted by Gasteiger charge is 1.96. The molecule has 0 unspecified atom stereocenters. The number of benzene rings is 1. The lowest BCUT2D eigenvalue weighted by molar-refractivity contribution is 0.0483. The molecule has 1 aromatic carbocycles. The van der Waals surface area contributed by atoms with Crippen molar-refractivity contribution < 1.29 is 14.2 Å². The van der Waals surface area contributed by atoms with Crippen LogP contribution in [0.5, 0.6) is 0 Å². The molecule has 0 aliphatic rings. The Morgan fingerprint density at radius 3 is 2.30 bits per heavy atom. The van der Waals surface area contributed by atoms with Crippen LogP contribution in [0, 0.1) is 0 Å². The third kappa shape index (κ3) is 8.27. The number of hydrogen-bond donors (Lipinski definition) is 1. The van der Waals surface area contributed by atoms with E-state index in [1.807, 2.05) is 7.05 Å². The minimum absolute atomic E-state index is 0.654. The maximum absolute atomic E-state index is 5.62. The van der Waals surface area contributed by atoms with Crippen LogP contribution < -0.4 is 5.32 Å². The maximum atomic E-state index is 5.62. The fourth-order valence-electron chi connectivity index (χ4n) is 1.77. The summed E-state index contributed by atoms with van der Waals surface area (Å²) in [4.78, 5) is 0. The van der Waals surface area contributed by atoms with Crippen molar-refractivity contribution in [3.63, 3.8) is 0 Å². The molecular weight excluding hydrogens is 254 g/mol. The highest BCUT2D eigenvalue weighted by Crippen LogP contribution is 2.06. The predicted octanol–water partition coefficient (Wildman–Crippen LogP) is 2.02. The van der Waals surface area contributed by atoms with E-state index in [9.17, 15) is 0 Å². The van der Waals surface area contributed by atoms with E-state index in [0.29, 0.717) is 19.8 Å². The number of ether oxygens (including phenoxy) is 3. The van der Waals surface area contributed by atoms with Crippen molar-refractivity contribution in [2.45, 2.75) is 19.4 Å². The molecule has 0 saturated heterocycles. The second kappa shape index (κ2) is 11.9. The molecule has 20 heavy (non-hydrogen) atoms. The van der Waals surface area contributed by atoms with Crippen LogP contribution in [0.25, 0.3) is 0 Å². The summed E-state index contributed by atoms with van der Waals surface area (Å²) < 4.78 is 15.9. The van der Waals surface area contributed by atoms with Gasteiger partial charge in [-0.1, -0.05) is 24.3 Å².